The van der Waals surface area contributed by atoms with Crippen LogP contribution in [-0.4, -0.2) is 43.2 Å². The molecular formula is C21H26N2O3. The first-order chi connectivity index (χ1) is 12.7. The number of aryl methyl sites for hydroxylation is 1. The largest absolute Gasteiger partial charge is 0.486 e. The Kier molecular flexibility index (Phi) is 6.12. The highest BCUT2D eigenvalue weighted by Gasteiger charge is 2.23. The van der Waals surface area contributed by atoms with E-state index in [-0.39, 0.29) is 12.0 Å². The third kappa shape index (κ3) is 4.76. The molecule has 0 aliphatic carbocycles. The first-order valence-corrected chi connectivity index (χ1v) is 9.17. The summed E-state index contributed by atoms with van der Waals surface area (Å²) in [6.07, 6.45) is 0.867. The molecule has 0 bridgehead atoms. The molecular weight excluding hydrogens is 328 g/mol. The molecule has 1 atom stereocenters. The van der Waals surface area contributed by atoms with Crippen molar-refractivity contribution in [2.45, 2.75) is 26.4 Å². The van der Waals surface area contributed by atoms with Gasteiger partial charge in [0, 0.05) is 12.2 Å². The topological polar surface area (TPSA) is 50.8 Å². The van der Waals surface area contributed by atoms with Crippen LogP contribution in [0.4, 0.5) is 5.69 Å². The second-order valence-corrected chi connectivity index (χ2v) is 6.43. The highest BCUT2D eigenvalue weighted by molar-refractivity contribution is 5.92. The molecule has 0 aromatic heterocycles. The van der Waals surface area contributed by atoms with Gasteiger partial charge in [0.05, 0.1) is 6.54 Å². The number of nitrogens with zero attached hydrogens (tertiary/aromatic N) is 1. The van der Waals surface area contributed by atoms with Crippen LogP contribution in [0.3, 0.4) is 0 Å². The van der Waals surface area contributed by atoms with Gasteiger partial charge in [0.25, 0.3) is 0 Å². The average Bonchev–Trinajstić information content (AvgIpc) is 2.67. The van der Waals surface area contributed by atoms with Gasteiger partial charge in [-0.05, 0) is 42.8 Å². The maximum atomic E-state index is 12.4. The fourth-order valence-corrected chi connectivity index (χ4v) is 3.02. The summed E-state index contributed by atoms with van der Waals surface area (Å²) in [4.78, 5) is 14.5. The Morgan fingerprint density at radius 1 is 1.15 bits per heavy atom. The molecule has 0 fully saturated rings. The van der Waals surface area contributed by atoms with E-state index in [0.29, 0.717) is 19.7 Å². The van der Waals surface area contributed by atoms with Gasteiger partial charge in [-0.2, -0.15) is 0 Å². The normalized spacial score (nSPS) is 15.7. The van der Waals surface area contributed by atoms with Crippen molar-refractivity contribution >= 4 is 11.6 Å². The second-order valence-electron chi connectivity index (χ2n) is 6.43. The summed E-state index contributed by atoms with van der Waals surface area (Å²) in [6, 6.07) is 15.6. The third-order valence-electron chi connectivity index (χ3n) is 4.46. The number of hydrogen-bond acceptors (Lipinski definition) is 4. The molecule has 1 N–H and O–H groups in total. The van der Waals surface area contributed by atoms with Crippen LogP contribution in [0.25, 0.3) is 0 Å². The number of fused-ring (bicyclic) bond motifs is 1. The third-order valence-corrected chi connectivity index (χ3v) is 4.46. The van der Waals surface area contributed by atoms with E-state index in [1.165, 1.54) is 5.56 Å². The van der Waals surface area contributed by atoms with E-state index >= 15 is 0 Å². The Balaban J connectivity index is 1.53. The molecule has 0 saturated heterocycles. The Labute approximate surface area is 154 Å². The first-order valence-electron chi connectivity index (χ1n) is 9.17. The van der Waals surface area contributed by atoms with E-state index in [0.717, 1.165) is 30.2 Å². The number of rotatable bonds is 7. The SMILES string of the molecule is CCc1cccc(NC(=O)CN(CC)CC2COc3ccccc3O2)c1. The van der Waals surface area contributed by atoms with Crippen LogP contribution in [0.5, 0.6) is 11.5 Å². The van der Waals surface area contributed by atoms with Crippen LogP contribution in [0.1, 0.15) is 19.4 Å². The highest BCUT2D eigenvalue weighted by atomic mass is 16.6. The molecule has 5 nitrogen and oxygen atoms in total. The van der Waals surface area contributed by atoms with Crippen molar-refractivity contribution < 1.29 is 14.3 Å². The van der Waals surface area contributed by atoms with Gasteiger partial charge in [-0.1, -0.05) is 38.1 Å². The Morgan fingerprint density at radius 3 is 2.73 bits per heavy atom. The molecule has 1 amide bonds. The molecule has 26 heavy (non-hydrogen) atoms. The van der Waals surface area contributed by atoms with Crippen molar-refractivity contribution in [1.29, 1.82) is 0 Å². The van der Waals surface area contributed by atoms with Crippen molar-refractivity contribution in [3.63, 3.8) is 0 Å². The molecule has 1 heterocycles. The minimum atomic E-state index is -0.0823. The van der Waals surface area contributed by atoms with Crippen molar-refractivity contribution in [3.8, 4) is 11.5 Å². The molecule has 0 saturated carbocycles. The van der Waals surface area contributed by atoms with Gasteiger partial charge in [-0.15, -0.1) is 0 Å². The lowest BCUT2D eigenvalue weighted by molar-refractivity contribution is -0.117. The van der Waals surface area contributed by atoms with Crippen LogP contribution in [0.15, 0.2) is 48.5 Å². The summed E-state index contributed by atoms with van der Waals surface area (Å²) < 4.78 is 11.8. The van der Waals surface area contributed by atoms with Crippen LogP contribution < -0.4 is 14.8 Å². The maximum absolute atomic E-state index is 12.4. The van der Waals surface area contributed by atoms with Gasteiger partial charge in [0.2, 0.25) is 5.91 Å². The predicted octanol–water partition coefficient (Wildman–Crippen LogP) is 3.35. The molecule has 2 aromatic rings. The summed E-state index contributed by atoms with van der Waals surface area (Å²) >= 11 is 0. The number of benzene rings is 2. The summed E-state index contributed by atoms with van der Waals surface area (Å²) in [6.45, 7) is 6.38. The predicted molar refractivity (Wildman–Crippen MR) is 103 cm³/mol. The van der Waals surface area contributed by atoms with Gasteiger partial charge in [0.1, 0.15) is 12.7 Å². The van der Waals surface area contributed by atoms with E-state index in [2.05, 4.69) is 23.2 Å². The van der Waals surface area contributed by atoms with Crippen molar-refractivity contribution in [2.75, 3.05) is 31.6 Å². The smallest absolute Gasteiger partial charge is 0.238 e. The maximum Gasteiger partial charge on any atom is 0.238 e. The number of hydrogen-bond donors (Lipinski definition) is 1. The molecule has 2 aromatic carbocycles. The molecule has 1 aliphatic rings. The summed E-state index contributed by atoms with van der Waals surface area (Å²) in [5, 5.41) is 2.98. The monoisotopic (exact) mass is 354 g/mol. The van der Waals surface area contributed by atoms with Gasteiger partial charge in [-0.3, -0.25) is 9.69 Å². The van der Waals surface area contributed by atoms with E-state index < -0.39 is 0 Å². The number of amides is 1. The van der Waals surface area contributed by atoms with Crippen LogP contribution >= 0.6 is 0 Å². The van der Waals surface area contributed by atoms with E-state index in [9.17, 15) is 4.79 Å². The van der Waals surface area contributed by atoms with Crippen LogP contribution in [0, 0.1) is 0 Å². The van der Waals surface area contributed by atoms with Crippen LogP contribution in [-0.2, 0) is 11.2 Å². The zero-order chi connectivity index (χ0) is 18.4. The number of para-hydroxylation sites is 2. The lowest BCUT2D eigenvalue weighted by Gasteiger charge is -2.30. The molecule has 0 spiro atoms. The second kappa shape index (κ2) is 8.72. The number of nitrogens with one attached hydrogen (secondary N) is 1. The molecule has 1 unspecified atom stereocenters. The van der Waals surface area contributed by atoms with Gasteiger partial charge in [-0.25, -0.2) is 0 Å². The number of carbonyl (C=O) groups is 1. The standard InChI is InChI=1S/C21H26N2O3/c1-3-16-8-7-9-17(12-16)22-21(24)14-23(4-2)13-18-15-25-19-10-5-6-11-20(19)26-18/h5-12,18H,3-4,13-15H2,1-2H3,(H,22,24). The summed E-state index contributed by atoms with van der Waals surface area (Å²) in [7, 11) is 0. The molecule has 1 aliphatic heterocycles. The highest BCUT2D eigenvalue weighted by Crippen LogP contribution is 2.30. The minimum absolute atomic E-state index is 0.0165. The van der Waals surface area contributed by atoms with Gasteiger partial charge >= 0.3 is 0 Å². The molecule has 3 rings (SSSR count). The first kappa shape index (κ1) is 18.3. The quantitative estimate of drug-likeness (QED) is 0.828. The van der Waals surface area contributed by atoms with E-state index in [1.54, 1.807) is 0 Å². The molecule has 5 heteroatoms. The van der Waals surface area contributed by atoms with Crippen molar-refractivity contribution in [3.05, 3.63) is 54.1 Å². The van der Waals surface area contributed by atoms with Crippen LogP contribution in [0.2, 0.25) is 0 Å². The van der Waals surface area contributed by atoms with Gasteiger partial charge < -0.3 is 14.8 Å². The summed E-state index contributed by atoms with van der Waals surface area (Å²) in [5.41, 5.74) is 2.05. The lowest BCUT2D eigenvalue weighted by atomic mass is 10.1. The Bertz CT molecular complexity index is 748. The van der Waals surface area contributed by atoms with Gasteiger partial charge in [0.15, 0.2) is 11.5 Å². The number of ether oxygens (including phenoxy) is 2. The summed E-state index contributed by atoms with van der Waals surface area (Å²) in [5.74, 6) is 1.53. The number of likely N-dealkylation sites (N-methyl/N-ethyl adjacent to an activating group) is 1. The number of carbonyl (C=O) groups excluding carboxylic acids is 1. The zero-order valence-electron chi connectivity index (χ0n) is 15.4. The fourth-order valence-electron chi connectivity index (χ4n) is 3.02. The fraction of sp³-hybridized carbons (Fsp3) is 0.381. The Morgan fingerprint density at radius 2 is 1.96 bits per heavy atom. The number of anilines is 1. The zero-order valence-corrected chi connectivity index (χ0v) is 15.4. The van der Waals surface area contributed by atoms with Crippen molar-refractivity contribution in [1.82, 2.24) is 4.90 Å². The lowest BCUT2D eigenvalue weighted by Crippen LogP contribution is -2.43. The van der Waals surface area contributed by atoms with Crippen molar-refractivity contribution in [2.24, 2.45) is 0 Å². The minimum Gasteiger partial charge on any atom is -0.486 e. The molecule has 0 radical (unpaired) electrons. The Hall–Kier alpha value is -2.53. The average molecular weight is 354 g/mol. The van der Waals surface area contributed by atoms with E-state index in [4.69, 9.17) is 9.47 Å². The molecule has 138 valence electrons. The van der Waals surface area contributed by atoms with E-state index in [1.807, 2.05) is 49.4 Å².